The van der Waals surface area contributed by atoms with Gasteiger partial charge in [0.25, 0.3) is 5.69 Å². The van der Waals surface area contributed by atoms with E-state index in [0.29, 0.717) is 12.3 Å². The molecule has 110 valence electrons. The first-order valence-corrected chi connectivity index (χ1v) is 7.61. The zero-order chi connectivity index (χ0) is 14.5. The average Bonchev–Trinajstić information content (AvgIpc) is 2.46. The van der Waals surface area contributed by atoms with Crippen molar-refractivity contribution >= 4 is 11.4 Å². The Morgan fingerprint density at radius 3 is 2.60 bits per heavy atom. The van der Waals surface area contributed by atoms with Gasteiger partial charge in [-0.2, -0.15) is 0 Å². The lowest BCUT2D eigenvalue weighted by Gasteiger charge is -2.26. The van der Waals surface area contributed by atoms with E-state index in [1.807, 2.05) is 19.1 Å². The lowest BCUT2D eigenvalue weighted by atomic mass is 9.83. The third-order valence-corrected chi connectivity index (χ3v) is 4.39. The summed E-state index contributed by atoms with van der Waals surface area (Å²) in [4.78, 5) is 10.8. The molecule has 1 N–H and O–H groups in total. The van der Waals surface area contributed by atoms with Crippen LogP contribution in [0.2, 0.25) is 0 Å². The Kier molecular flexibility index (Phi) is 4.99. The molecule has 4 nitrogen and oxygen atoms in total. The number of rotatable bonds is 5. The smallest absolute Gasteiger partial charge is 0.274 e. The third kappa shape index (κ3) is 3.71. The molecule has 1 aliphatic carbocycles. The first-order valence-electron chi connectivity index (χ1n) is 7.61. The summed E-state index contributed by atoms with van der Waals surface area (Å²) >= 11 is 0. The summed E-state index contributed by atoms with van der Waals surface area (Å²) in [5, 5.41) is 14.4. The number of benzene rings is 1. The molecule has 1 aromatic rings. The van der Waals surface area contributed by atoms with Crippen molar-refractivity contribution < 1.29 is 4.92 Å². The highest BCUT2D eigenvalue weighted by Gasteiger charge is 2.18. The second kappa shape index (κ2) is 6.73. The fourth-order valence-electron chi connectivity index (χ4n) is 2.94. The van der Waals surface area contributed by atoms with E-state index in [-0.39, 0.29) is 10.6 Å². The van der Waals surface area contributed by atoms with Gasteiger partial charge in [0, 0.05) is 23.9 Å². The summed E-state index contributed by atoms with van der Waals surface area (Å²) < 4.78 is 0. The molecule has 0 aromatic heterocycles. The summed E-state index contributed by atoms with van der Waals surface area (Å²) in [6, 6.07) is 5.49. The Hall–Kier alpha value is -1.58. The number of aryl methyl sites for hydroxylation is 1. The molecule has 0 saturated heterocycles. The standard InChI is InChI=1S/C16H24N2O2/c1-3-14-8-9-15(10-16(14)18(19)20)17-11-13-6-4-12(2)5-7-13/h8-10,12-13,17H,3-7,11H2,1-2H3. The van der Waals surface area contributed by atoms with E-state index >= 15 is 0 Å². The maximum Gasteiger partial charge on any atom is 0.274 e. The Bertz CT molecular complexity index is 466. The van der Waals surface area contributed by atoms with Crippen LogP contribution in [0.25, 0.3) is 0 Å². The normalized spacial score (nSPS) is 22.5. The van der Waals surface area contributed by atoms with Gasteiger partial charge in [-0.3, -0.25) is 10.1 Å². The van der Waals surface area contributed by atoms with Crippen LogP contribution in [0.4, 0.5) is 11.4 Å². The SMILES string of the molecule is CCc1ccc(NCC2CCC(C)CC2)cc1[N+](=O)[O-]. The molecule has 0 bridgehead atoms. The molecule has 2 rings (SSSR count). The van der Waals surface area contributed by atoms with Crippen molar-refractivity contribution in [1.29, 1.82) is 0 Å². The summed E-state index contributed by atoms with van der Waals surface area (Å²) in [5.74, 6) is 1.56. The zero-order valence-corrected chi connectivity index (χ0v) is 12.4. The molecule has 1 fully saturated rings. The molecule has 20 heavy (non-hydrogen) atoms. The Balaban J connectivity index is 1.96. The molecular weight excluding hydrogens is 252 g/mol. The molecule has 0 radical (unpaired) electrons. The van der Waals surface area contributed by atoms with Crippen molar-refractivity contribution in [3.05, 3.63) is 33.9 Å². The van der Waals surface area contributed by atoms with E-state index in [9.17, 15) is 10.1 Å². The van der Waals surface area contributed by atoms with Crippen molar-refractivity contribution in [1.82, 2.24) is 0 Å². The van der Waals surface area contributed by atoms with Crippen LogP contribution in [-0.2, 0) is 6.42 Å². The largest absolute Gasteiger partial charge is 0.385 e. The molecule has 0 atom stereocenters. The first-order chi connectivity index (χ1) is 9.60. The van der Waals surface area contributed by atoms with Gasteiger partial charge < -0.3 is 5.32 Å². The minimum atomic E-state index is -0.285. The van der Waals surface area contributed by atoms with Crippen LogP contribution in [0.5, 0.6) is 0 Å². The van der Waals surface area contributed by atoms with E-state index in [1.54, 1.807) is 6.07 Å². The van der Waals surface area contributed by atoms with Crippen LogP contribution >= 0.6 is 0 Å². The monoisotopic (exact) mass is 276 g/mol. The molecule has 1 saturated carbocycles. The molecule has 1 aliphatic rings. The van der Waals surface area contributed by atoms with Crippen molar-refractivity contribution in [2.75, 3.05) is 11.9 Å². The van der Waals surface area contributed by atoms with Crippen molar-refractivity contribution in [2.24, 2.45) is 11.8 Å². The summed E-state index contributed by atoms with van der Waals surface area (Å²) in [6.45, 7) is 5.18. The van der Waals surface area contributed by atoms with E-state index in [0.717, 1.165) is 23.7 Å². The number of nitrogens with zero attached hydrogens (tertiary/aromatic N) is 1. The lowest BCUT2D eigenvalue weighted by Crippen LogP contribution is -2.20. The maximum atomic E-state index is 11.1. The minimum absolute atomic E-state index is 0.231. The quantitative estimate of drug-likeness (QED) is 0.640. The van der Waals surface area contributed by atoms with E-state index < -0.39 is 0 Å². The van der Waals surface area contributed by atoms with Crippen molar-refractivity contribution in [3.8, 4) is 0 Å². The highest BCUT2D eigenvalue weighted by Crippen LogP contribution is 2.29. The minimum Gasteiger partial charge on any atom is -0.385 e. The number of nitro benzene ring substituents is 1. The summed E-state index contributed by atoms with van der Waals surface area (Å²) in [6.07, 6.45) is 5.84. The molecule has 0 heterocycles. The van der Waals surface area contributed by atoms with Gasteiger partial charge in [-0.05, 0) is 37.2 Å². The van der Waals surface area contributed by atoms with Gasteiger partial charge in [0.2, 0.25) is 0 Å². The second-order valence-electron chi connectivity index (χ2n) is 5.96. The Labute approximate surface area is 120 Å². The van der Waals surface area contributed by atoms with Crippen LogP contribution in [0, 0.1) is 22.0 Å². The maximum absolute atomic E-state index is 11.1. The van der Waals surface area contributed by atoms with Crippen molar-refractivity contribution in [2.45, 2.75) is 46.0 Å². The molecule has 0 spiro atoms. The predicted molar refractivity (Wildman–Crippen MR) is 82.1 cm³/mol. The number of nitrogens with one attached hydrogen (secondary N) is 1. The third-order valence-electron chi connectivity index (χ3n) is 4.39. The number of hydrogen-bond acceptors (Lipinski definition) is 3. The van der Waals surface area contributed by atoms with Crippen LogP contribution in [0.3, 0.4) is 0 Å². The van der Waals surface area contributed by atoms with Gasteiger partial charge >= 0.3 is 0 Å². The topological polar surface area (TPSA) is 55.2 Å². The first kappa shape index (κ1) is 14.8. The van der Waals surface area contributed by atoms with Gasteiger partial charge in [0.05, 0.1) is 4.92 Å². The number of hydrogen-bond donors (Lipinski definition) is 1. The summed E-state index contributed by atoms with van der Waals surface area (Å²) in [7, 11) is 0. The van der Waals surface area contributed by atoms with E-state index in [2.05, 4.69) is 12.2 Å². The molecule has 0 aliphatic heterocycles. The molecule has 0 unspecified atom stereocenters. The van der Waals surface area contributed by atoms with E-state index in [4.69, 9.17) is 0 Å². The van der Waals surface area contributed by atoms with Crippen LogP contribution in [0.1, 0.15) is 45.1 Å². The van der Waals surface area contributed by atoms with Crippen LogP contribution < -0.4 is 5.32 Å². The van der Waals surface area contributed by atoms with E-state index in [1.165, 1.54) is 25.7 Å². The fourth-order valence-corrected chi connectivity index (χ4v) is 2.94. The Morgan fingerprint density at radius 1 is 1.30 bits per heavy atom. The zero-order valence-electron chi connectivity index (χ0n) is 12.4. The number of anilines is 1. The van der Waals surface area contributed by atoms with Crippen molar-refractivity contribution in [3.63, 3.8) is 0 Å². The van der Waals surface area contributed by atoms with Crippen LogP contribution in [0.15, 0.2) is 18.2 Å². The lowest BCUT2D eigenvalue weighted by molar-refractivity contribution is -0.385. The predicted octanol–water partition coefficient (Wildman–Crippen LogP) is 4.40. The van der Waals surface area contributed by atoms with Gasteiger partial charge in [0.15, 0.2) is 0 Å². The molecule has 4 heteroatoms. The molecule has 0 amide bonds. The van der Waals surface area contributed by atoms with Gasteiger partial charge in [-0.15, -0.1) is 0 Å². The fraction of sp³-hybridized carbons (Fsp3) is 0.625. The van der Waals surface area contributed by atoms with Gasteiger partial charge in [-0.1, -0.05) is 32.8 Å². The highest BCUT2D eigenvalue weighted by molar-refractivity contribution is 5.55. The van der Waals surface area contributed by atoms with Crippen LogP contribution in [-0.4, -0.2) is 11.5 Å². The highest BCUT2D eigenvalue weighted by atomic mass is 16.6. The second-order valence-corrected chi connectivity index (χ2v) is 5.96. The summed E-state index contributed by atoms with van der Waals surface area (Å²) in [5.41, 5.74) is 1.90. The van der Waals surface area contributed by atoms with Gasteiger partial charge in [0.1, 0.15) is 0 Å². The number of nitro groups is 1. The molecule has 1 aromatic carbocycles. The molecular formula is C16H24N2O2. The average molecular weight is 276 g/mol. The van der Waals surface area contributed by atoms with Gasteiger partial charge in [-0.25, -0.2) is 0 Å². The Morgan fingerprint density at radius 2 is 2.00 bits per heavy atom.